The van der Waals surface area contributed by atoms with Crippen molar-refractivity contribution in [1.82, 2.24) is 0 Å². The van der Waals surface area contributed by atoms with Gasteiger partial charge in [-0.3, -0.25) is 4.79 Å². The van der Waals surface area contributed by atoms with Crippen LogP contribution < -0.4 is 5.32 Å². The van der Waals surface area contributed by atoms with E-state index in [4.69, 9.17) is 16.3 Å². The summed E-state index contributed by atoms with van der Waals surface area (Å²) in [4.78, 5) is 24.9. The highest BCUT2D eigenvalue weighted by molar-refractivity contribution is 7.16. The van der Waals surface area contributed by atoms with Gasteiger partial charge in [0.25, 0.3) is 0 Å². The van der Waals surface area contributed by atoms with Gasteiger partial charge in [0.1, 0.15) is 11.1 Å². The molecule has 23 heavy (non-hydrogen) atoms. The third-order valence-electron chi connectivity index (χ3n) is 3.51. The van der Waals surface area contributed by atoms with Gasteiger partial charge in [-0.15, -0.1) is 11.3 Å². The maximum Gasteiger partial charge on any atom is 0.342 e. The van der Waals surface area contributed by atoms with Crippen LogP contribution in [0.4, 0.5) is 5.00 Å². The predicted molar refractivity (Wildman–Crippen MR) is 93.4 cm³/mol. The number of hydrogen-bond donors (Lipinski definition) is 1. The van der Waals surface area contributed by atoms with Crippen molar-refractivity contribution in [1.29, 1.82) is 0 Å². The van der Waals surface area contributed by atoms with Gasteiger partial charge in [-0.05, 0) is 32.4 Å². The summed E-state index contributed by atoms with van der Waals surface area (Å²) in [6.07, 6.45) is -0.485. The number of nitrogens with one attached hydrogen (secondary N) is 1. The molecule has 0 saturated heterocycles. The lowest BCUT2D eigenvalue weighted by Gasteiger charge is -2.15. The Morgan fingerprint density at radius 1 is 1.26 bits per heavy atom. The molecular weight excluding hydrogens is 334 g/mol. The summed E-state index contributed by atoms with van der Waals surface area (Å²) in [5.74, 6) is -0.692. The zero-order valence-electron chi connectivity index (χ0n) is 13.4. The molecule has 1 N–H and O–H groups in total. The van der Waals surface area contributed by atoms with Crippen LogP contribution in [0.3, 0.4) is 0 Å². The van der Waals surface area contributed by atoms with Crippen molar-refractivity contribution in [2.75, 3.05) is 5.32 Å². The summed E-state index contributed by atoms with van der Waals surface area (Å²) in [6, 6.07) is 7.24. The summed E-state index contributed by atoms with van der Waals surface area (Å²) in [5, 5.41) is 3.76. The maximum atomic E-state index is 12.6. The number of hydrogen-bond acceptors (Lipinski definition) is 4. The average molecular weight is 352 g/mol. The molecule has 6 heteroatoms. The molecule has 1 aromatic heterocycles. The number of halogens is 1. The molecule has 0 fully saturated rings. The van der Waals surface area contributed by atoms with Crippen LogP contribution in [-0.4, -0.2) is 11.9 Å². The van der Waals surface area contributed by atoms with E-state index < -0.39 is 12.1 Å². The number of thiophene rings is 1. The molecule has 122 valence electrons. The molecule has 2 rings (SSSR count). The number of rotatable bonds is 4. The normalized spacial score (nSPS) is 11.9. The van der Waals surface area contributed by atoms with Gasteiger partial charge in [0.05, 0.1) is 5.56 Å². The topological polar surface area (TPSA) is 55.4 Å². The number of benzene rings is 1. The predicted octanol–water partition coefficient (Wildman–Crippen LogP) is 4.89. The lowest BCUT2D eigenvalue weighted by atomic mass is 10.1. The number of carbonyl (C=O) groups excluding carboxylic acids is 2. The fourth-order valence-corrected chi connectivity index (χ4v) is 3.59. The van der Waals surface area contributed by atoms with Crippen LogP contribution in [-0.2, 0) is 9.53 Å². The van der Waals surface area contributed by atoms with Gasteiger partial charge in [0.15, 0.2) is 0 Å². The fourth-order valence-electron chi connectivity index (χ4n) is 2.21. The molecule has 0 bridgehead atoms. The highest BCUT2D eigenvalue weighted by Crippen LogP contribution is 2.34. The molecule has 0 spiro atoms. The van der Waals surface area contributed by atoms with E-state index in [0.717, 1.165) is 16.0 Å². The lowest BCUT2D eigenvalue weighted by molar-refractivity contribution is -0.114. The second kappa shape index (κ2) is 7.15. The minimum absolute atomic E-state index is 0.223. The number of ether oxygens (including phenoxy) is 1. The summed E-state index contributed by atoms with van der Waals surface area (Å²) in [7, 11) is 0. The van der Waals surface area contributed by atoms with E-state index in [2.05, 4.69) is 5.32 Å². The van der Waals surface area contributed by atoms with Crippen LogP contribution in [0.5, 0.6) is 0 Å². The first-order valence-electron chi connectivity index (χ1n) is 7.14. The highest BCUT2D eigenvalue weighted by atomic mass is 35.5. The van der Waals surface area contributed by atoms with E-state index in [1.165, 1.54) is 18.3 Å². The maximum absolute atomic E-state index is 12.6. The van der Waals surface area contributed by atoms with Gasteiger partial charge in [-0.1, -0.05) is 29.8 Å². The van der Waals surface area contributed by atoms with Crippen LogP contribution >= 0.6 is 22.9 Å². The molecule has 1 atom stereocenters. The number of carbonyl (C=O) groups is 2. The summed E-state index contributed by atoms with van der Waals surface area (Å²) in [5.41, 5.74) is 1.96. The summed E-state index contributed by atoms with van der Waals surface area (Å²) in [6.45, 7) is 6.92. The molecule has 0 radical (unpaired) electrons. The zero-order valence-corrected chi connectivity index (χ0v) is 15.0. The third-order valence-corrected chi connectivity index (χ3v) is 4.97. The first-order valence-corrected chi connectivity index (χ1v) is 8.33. The van der Waals surface area contributed by atoms with E-state index in [1.807, 2.05) is 32.0 Å². The third kappa shape index (κ3) is 3.92. The van der Waals surface area contributed by atoms with Crippen LogP contribution in [0.2, 0.25) is 5.02 Å². The second-order valence-corrected chi connectivity index (χ2v) is 6.87. The zero-order chi connectivity index (χ0) is 17.1. The van der Waals surface area contributed by atoms with Crippen LogP contribution in [0.25, 0.3) is 0 Å². The van der Waals surface area contributed by atoms with Crippen LogP contribution in [0, 0.1) is 13.8 Å². The monoisotopic (exact) mass is 351 g/mol. The van der Waals surface area contributed by atoms with E-state index in [-0.39, 0.29) is 5.91 Å². The van der Waals surface area contributed by atoms with E-state index in [9.17, 15) is 9.59 Å². The van der Waals surface area contributed by atoms with Crippen molar-refractivity contribution in [3.8, 4) is 0 Å². The molecule has 0 aliphatic rings. The van der Waals surface area contributed by atoms with Gasteiger partial charge in [-0.25, -0.2) is 4.79 Å². The Morgan fingerprint density at radius 2 is 1.91 bits per heavy atom. The average Bonchev–Trinajstić information content (AvgIpc) is 2.73. The molecule has 0 aliphatic heterocycles. The molecule has 0 aliphatic carbocycles. The van der Waals surface area contributed by atoms with Crippen molar-refractivity contribution in [2.45, 2.75) is 33.8 Å². The van der Waals surface area contributed by atoms with Crippen molar-refractivity contribution in [2.24, 2.45) is 0 Å². The Hall–Kier alpha value is -1.85. The quantitative estimate of drug-likeness (QED) is 0.797. The van der Waals surface area contributed by atoms with Crippen molar-refractivity contribution >= 4 is 39.8 Å². The molecular formula is C17H18ClNO3S. The van der Waals surface area contributed by atoms with E-state index in [0.29, 0.717) is 15.6 Å². The Morgan fingerprint density at radius 3 is 2.52 bits per heavy atom. The highest BCUT2D eigenvalue weighted by Gasteiger charge is 2.24. The van der Waals surface area contributed by atoms with Gasteiger partial charge in [-0.2, -0.15) is 0 Å². The Labute approximate surface area is 144 Å². The molecule has 1 amide bonds. The van der Waals surface area contributed by atoms with Crippen molar-refractivity contribution < 1.29 is 14.3 Å². The largest absolute Gasteiger partial charge is 0.454 e. The minimum atomic E-state index is -0.485. The second-order valence-electron chi connectivity index (χ2n) is 5.24. The summed E-state index contributed by atoms with van der Waals surface area (Å²) < 4.78 is 5.55. The fraction of sp³-hybridized carbons (Fsp3) is 0.294. The van der Waals surface area contributed by atoms with Crippen LogP contribution in [0.15, 0.2) is 24.3 Å². The van der Waals surface area contributed by atoms with Gasteiger partial charge in [0, 0.05) is 22.4 Å². The molecule has 0 saturated carbocycles. The number of amides is 1. The van der Waals surface area contributed by atoms with Gasteiger partial charge >= 0.3 is 5.97 Å². The molecule has 1 heterocycles. The molecule has 1 aromatic carbocycles. The van der Waals surface area contributed by atoms with Crippen molar-refractivity contribution in [3.05, 3.63) is 50.9 Å². The van der Waals surface area contributed by atoms with E-state index in [1.54, 1.807) is 13.0 Å². The first-order chi connectivity index (χ1) is 10.8. The standard InChI is InChI=1S/C17H18ClNO3S/c1-9-11(3)23-16(19-12(4)20)15(9)17(21)22-10(2)13-7-5-6-8-14(13)18/h5-8,10H,1-4H3,(H,19,20)/t10-/m0/s1. The first kappa shape index (κ1) is 17.5. The summed E-state index contributed by atoms with van der Waals surface area (Å²) >= 11 is 7.50. The molecule has 0 unspecified atom stereocenters. The molecule has 4 nitrogen and oxygen atoms in total. The molecule has 2 aromatic rings. The van der Waals surface area contributed by atoms with Gasteiger partial charge in [0.2, 0.25) is 5.91 Å². The van der Waals surface area contributed by atoms with Gasteiger partial charge < -0.3 is 10.1 Å². The smallest absolute Gasteiger partial charge is 0.342 e. The van der Waals surface area contributed by atoms with Crippen LogP contribution in [0.1, 0.15) is 46.3 Å². The Balaban J connectivity index is 2.27. The lowest BCUT2D eigenvalue weighted by Crippen LogP contribution is -2.14. The van der Waals surface area contributed by atoms with Crippen molar-refractivity contribution in [3.63, 3.8) is 0 Å². The van der Waals surface area contributed by atoms with E-state index >= 15 is 0 Å². The minimum Gasteiger partial charge on any atom is -0.454 e. The SMILES string of the molecule is CC(=O)Nc1sc(C)c(C)c1C(=O)O[C@@H](C)c1ccccc1Cl. The Bertz CT molecular complexity index is 754. The number of anilines is 1. The number of esters is 1. The number of aryl methyl sites for hydroxylation is 1. The Kier molecular flexibility index (Phi) is 5.44.